The third kappa shape index (κ3) is 1.96. The quantitative estimate of drug-likeness (QED) is 0.721. The summed E-state index contributed by atoms with van der Waals surface area (Å²) in [4.78, 5) is 0. The van der Waals surface area contributed by atoms with Crippen molar-refractivity contribution in [1.29, 1.82) is 0 Å². The maximum Gasteiger partial charge on any atom is 0.123 e. The predicted molar refractivity (Wildman–Crippen MR) is 59.3 cm³/mol. The van der Waals surface area contributed by atoms with Gasteiger partial charge in [-0.3, -0.25) is 0 Å². The Bertz CT molecular complexity index is 344. The highest BCUT2D eigenvalue weighted by Crippen LogP contribution is 2.29. The van der Waals surface area contributed by atoms with E-state index in [2.05, 4.69) is 6.58 Å². The predicted octanol–water partition coefficient (Wildman–Crippen LogP) is 2.58. The number of aromatic hydroxyl groups is 1. The van der Waals surface area contributed by atoms with Crippen LogP contribution >= 0.6 is 0 Å². The van der Waals surface area contributed by atoms with Gasteiger partial charge in [-0.25, -0.2) is 0 Å². The molecule has 2 heteroatoms. The zero-order valence-electron chi connectivity index (χ0n) is 8.75. The molecule has 76 valence electrons. The summed E-state index contributed by atoms with van der Waals surface area (Å²) in [5.41, 5.74) is 8.68. The van der Waals surface area contributed by atoms with E-state index in [0.29, 0.717) is 12.2 Å². The van der Waals surface area contributed by atoms with Crippen molar-refractivity contribution in [2.24, 2.45) is 5.73 Å². The molecule has 0 aromatic heterocycles. The van der Waals surface area contributed by atoms with Crippen LogP contribution in [0.5, 0.6) is 5.75 Å². The number of benzene rings is 1. The van der Waals surface area contributed by atoms with E-state index < -0.39 is 0 Å². The van der Waals surface area contributed by atoms with Crippen molar-refractivity contribution >= 4 is 0 Å². The van der Waals surface area contributed by atoms with Gasteiger partial charge in [-0.1, -0.05) is 18.2 Å². The van der Waals surface area contributed by atoms with E-state index >= 15 is 0 Å². The summed E-state index contributed by atoms with van der Waals surface area (Å²) in [7, 11) is 0. The molecule has 0 heterocycles. The van der Waals surface area contributed by atoms with Crippen LogP contribution < -0.4 is 5.73 Å². The van der Waals surface area contributed by atoms with Crippen molar-refractivity contribution in [2.75, 3.05) is 0 Å². The van der Waals surface area contributed by atoms with Crippen LogP contribution in [0.25, 0.3) is 0 Å². The minimum absolute atomic E-state index is 0.160. The Morgan fingerprint density at radius 3 is 2.71 bits per heavy atom. The SMILES string of the molecule is C=CC[C@H](N)c1ccc(C)c(C)c1O. The van der Waals surface area contributed by atoms with E-state index in [-0.39, 0.29) is 6.04 Å². The molecule has 0 bridgehead atoms. The molecule has 0 unspecified atom stereocenters. The van der Waals surface area contributed by atoms with Gasteiger partial charge < -0.3 is 10.8 Å². The van der Waals surface area contributed by atoms with Gasteiger partial charge >= 0.3 is 0 Å². The number of phenols is 1. The second kappa shape index (κ2) is 4.29. The van der Waals surface area contributed by atoms with E-state index in [9.17, 15) is 5.11 Å². The normalized spacial score (nSPS) is 12.5. The molecule has 3 N–H and O–H groups in total. The van der Waals surface area contributed by atoms with Gasteiger partial charge in [-0.2, -0.15) is 0 Å². The first-order valence-electron chi connectivity index (χ1n) is 4.73. The van der Waals surface area contributed by atoms with Crippen molar-refractivity contribution in [3.05, 3.63) is 41.5 Å². The van der Waals surface area contributed by atoms with Gasteiger partial charge in [0.05, 0.1) is 0 Å². The maximum absolute atomic E-state index is 9.86. The van der Waals surface area contributed by atoms with E-state index in [1.54, 1.807) is 6.08 Å². The van der Waals surface area contributed by atoms with Gasteiger partial charge in [-0.05, 0) is 31.4 Å². The molecule has 0 aliphatic carbocycles. The highest BCUT2D eigenvalue weighted by atomic mass is 16.3. The van der Waals surface area contributed by atoms with Gasteiger partial charge in [0, 0.05) is 11.6 Å². The first kappa shape index (κ1) is 10.8. The second-order valence-electron chi connectivity index (χ2n) is 3.58. The molecule has 0 fully saturated rings. The number of nitrogens with two attached hydrogens (primary N) is 1. The largest absolute Gasteiger partial charge is 0.507 e. The molecule has 1 aromatic rings. The fourth-order valence-electron chi connectivity index (χ4n) is 1.43. The van der Waals surface area contributed by atoms with Gasteiger partial charge in [-0.15, -0.1) is 6.58 Å². The molecule has 14 heavy (non-hydrogen) atoms. The van der Waals surface area contributed by atoms with Crippen molar-refractivity contribution in [2.45, 2.75) is 26.3 Å². The first-order valence-corrected chi connectivity index (χ1v) is 4.73. The van der Waals surface area contributed by atoms with Crippen LogP contribution in [0.1, 0.15) is 29.2 Å². The lowest BCUT2D eigenvalue weighted by molar-refractivity contribution is 0.457. The lowest BCUT2D eigenvalue weighted by Crippen LogP contribution is -2.09. The van der Waals surface area contributed by atoms with Gasteiger partial charge in [0.1, 0.15) is 5.75 Å². The minimum atomic E-state index is -0.160. The Hall–Kier alpha value is -1.28. The lowest BCUT2D eigenvalue weighted by Gasteiger charge is -2.14. The minimum Gasteiger partial charge on any atom is -0.507 e. The van der Waals surface area contributed by atoms with Crippen LogP contribution in [0.3, 0.4) is 0 Å². The molecule has 0 radical (unpaired) electrons. The molecule has 0 saturated carbocycles. The Labute approximate surface area is 85.1 Å². The molecule has 1 rings (SSSR count). The van der Waals surface area contributed by atoms with Crippen molar-refractivity contribution in [1.82, 2.24) is 0 Å². The topological polar surface area (TPSA) is 46.2 Å². The third-order valence-corrected chi connectivity index (χ3v) is 2.55. The standard InChI is InChI=1S/C12H17NO/c1-4-5-11(13)10-7-6-8(2)9(3)12(10)14/h4,6-7,11,14H,1,5,13H2,2-3H3/t11-/m0/s1. The second-order valence-corrected chi connectivity index (χ2v) is 3.58. The summed E-state index contributed by atoms with van der Waals surface area (Å²) in [6.45, 7) is 7.50. The van der Waals surface area contributed by atoms with Gasteiger partial charge in [0.2, 0.25) is 0 Å². The van der Waals surface area contributed by atoms with Crippen LogP contribution in [0.4, 0.5) is 0 Å². The Kier molecular flexibility index (Phi) is 3.31. The molecule has 1 atom stereocenters. The van der Waals surface area contributed by atoms with E-state index in [4.69, 9.17) is 5.73 Å². The third-order valence-electron chi connectivity index (χ3n) is 2.55. The van der Waals surface area contributed by atoms with Gasteiger partial charge in [0.15, 0.2) is 0 Å². The van der Waals surface area contributed by atoms with Crippen LogP contribution in [-0.4, -0.2) is 5.11 Å². The Morgan fingerprint density at radius 2 is 2.14 bits per heavy atom. The highest BCUT2D eigenvalue weighted by molar-refractivity contribution is 5.45. The smallest absolute Gasteiger partial charge is 0.123 e. The highest BCUT2D eigenvalue weighted by Gasteiger charge is 2.11. The molecule has 0 aliphatic heterocycles. The Morgan fingerprint density at radius 1 is 1.50 bits per heavy atom. The van der Waals surface area contributed by atoms with Crippen molar-refractivity contribution in [3.8, 4) is 5.75 Å². The molecule has 0 amide bonds. The average molecular weight is 191 g/mol. The lowest BCUT2D eigenvalue weighted by atomic mass is 9.98. The van der Waals surface area contributed by atoms with Crippen LogP contribution in [0.15, 0.2) is 24.8 Å². The molecular formula is C12H17NO. The zero-order chi connectivity index (χ0) is 10.7. The van der Waals surface area contributed by atoms with Crippen molar-refractivity contribution < 1.29 is 5.11 Å². The average Bonchev–Trinajstić information content (AvgIpc) is 2.15. The number of aryl methyl sites for hydroxylation is 1. The summed E-state index contributed by atoms with van der Waals surface area (Å²) in [5.74, 6) is 0.319. The number of hydrogen-bond donors (Lipinski definition) is 2. The van der Waals surface area contributed by atoms with Crippen LogP contribution in [0, 0.1) is 13.8 Å². The molecule has 0 saturated heterocycles. The van der Waals surface area contributed by atoms with E-state index in [1.807, 2.05) is 26.0 Å². The number of hydrogen-bond acceptors (Lipinski definition) is 2. The summed E-state index contributed by atoms with van der Waals surface area (Å²) in [6, 6.07) is 3.70. The molecular weight excluding hydrogens is 174 g/mol. The summed E-state index contributed by atoms with van der Waals surface area (Å²) < 4.78 is 0. The fraction of sp³-hybridized carbons (Fsp3) is 0.333. The number of phenolic OH excluding ortho intramolecular Hbond substituents is 1. The number of rotatable bonds is 3. The first-order chi connectivity index (χ1) is 6.57. The molecule has 0 aliphatic rings. The van der Waals surface area contributed by atoms with Crippen LogP contribution in [-0.2, 0) is 0 Å². The maximum atomic E-state index is 9.86. The molecule has 2 nitrogen and oxygen atoms in total. The summed E-state index contributed by atoms with van der Waals surface area (Å²) in [6.07, 6.45) is 2.44. The monoisotopic (exact) mass is 191 g/mol. The van der Waals surface area contributed by atoms with Gasteiger partial charge in [0.25, 0.3) is 0 Å². The molecule has 0 spiro atoms. The fourth-order valence-corrected chi connectivity index (χ4v) is 1.43. The Balaban J connectivity index is 3.10. The van der Waals surface area contributed by atoms with Crippen LogP contribution in [0.2, 0.25) is 0 Å². The van der Waals surface area contributed by atoms with E-state index in [1.165, 1.54) is 0 Å². The van der Waals surface area contributed by atoms with E-state index in [0.717, 1.165) is 16.7 Å². The summed E-state index contributed by atoms with van der Waals surface area (Å²) >= 11 is 0. The van der Waals surface area contributed by atoms with Crippen molar-refractivity contribution in [3.63, 3.8) is 0 Å². The zero-order valence-corrected chi connectivity index (χ0v) is 8.75. The molecule has 1 aromatic carbocycles. The summed E-state index contributed by atoms with van der Waals surface area (Å²) in [5, 5.41) is 9.86.